The maximum absolute atomic E-state index is 12.9. The Hall–Kier alpha value is -2.70. The van der Waals surface area contributed by atoms with Crippen LogP contribution in [-0.4, -0.2) is 16.1 Å². The van der Waals surface area contributed by atoms with Gasteiger partial charge in [-0.1, -0.05) is 35.3 Å². The predicted octanol–water partition coefficient (Wildman–Crippen LogP) is 4.79. The van der Waals surface area contributed by atoms with Gasteiger partial charge in [0.05, 0.1) is 10.7 Å². The quantitative estimate of drug-likeness (QED) is 0.657. The molecule has 0 atom stereocenters. The number of benzene rings is 2. The second-order valence-electron chi connectivity index (χ2n) is 5.36. The van der Waals surface area contributed by atoms with E-state index in [1.807, 2.05) is 0 Å². The molecule has 0 aliphatic carbocycles. The number of aromatic nitrogens is 2. The molecule has 1 amide bonds. The van der Waals surface area contributed by atoms with Crippen molar-refractivity contribution in [3.05, 3.63) is 81.7 Å². The van der Waals surface area contributed by atoms with E-state index >= 15 is 0 Å². The lowest BCUT2D eigenvalue weighted by molar-refractivity contribution is 0.102. The van der Waals surface area contributed by atoms with Gasteiger partial charge in [-0.25, -0.2) is 4.39 Å². The molecule has 0 saturated carbocycles. The van der Waals surface area contributed by atoms with E-state index in [-0.39, 0.29) is 11.5 Å². The van der Waals surface area contributed by atoms with Crippen LogP contribution in [0.2, 0.25) is 10.0 Å². The lowest BCUT2D eigenvalue weighted by Crippen LogP contribution is -2.15. The molecular weight excluding hydrogens is 378 g/mol. The fourth-order valence-electron chi connectivity index (χ4n) is 2.12. The summed E-state index contributed by atoms with van der Waals surface area (Å²) >= 11 is 11.9. The van der Waals surface area contributed by atoms with Crippen LogP contribution in [0.25, 0.3) is 0 Å². The summed E-state index contributed by atoms with van der Waals surface area (Å²) in [4.78, 5) is 12.2. The summed E-state index contributed by atoms with van der Waals surface area (Å²) in [7, 11) is 0. The van der Waals surface area contributed by atoms with Crippen molar-refractivity contribution in [3.8, 4) is 0 Å². The molecule has 0 aliphatic rings. The van der Waals surface area contributed by atoms with Crippen LogP contribution in [0.4, 0.5) is 15.9 Å². The fourth-order valence-corrected chi connectivity index (χ4v) is 2.46. The summed E-state index contributed by atoms with van der Waals surface area (Å²) in [5.74, 6) is -0.248. The topological polar surface area (TPSA) is 66.9 Å². The molecule has 0 saturated heterocycles. The van der Waals surface area contributed by atoms with Crippen molar-refractivity contribution in [2.45, 2.75) is 6.54 Å². The lowest BCUT2D eigenvalue weighted by Gasteiger charge is -2.08. The number of hydrogen-bond donors (Lipinski definition) is 2. The minimum absolute atomic E-state index is 0.133. The monoisotopic (exact) mass is 390 g/mol. The third-order valence-electron chi connectivity index (χ3n) is 3.46. The summed E-state index contributed by atoms with van der Waals surface area (Å²) in [6.07, 6.45) is 0. The zero-order valence-corrected chi connectivity index (χ0v) is 14.9. The van der Waals surface area contributed by atoms with Crippen molar-refractivity contribution < 1.29 is 9.18 Å². The molecule has 3 rings (SSSR count). The number of amides is 1. The van der Waals surface area contributed by atoms with E-state index in [4.69, 9.17) is 23.2 Å². The summed E-state index contributed by atoms with van der Waals surface area (Å²) in [5, 5.41) is 14.4. The maximum atomic E-state index is 12.9. The zero-order valence-electron chi connectivity index (χ0n) is 13.3. The number of nitrogens with one attached hydrogen (secondary N) is 2. The first-order valence-electron chi connectivity index (χ1n) is 7.60. The van der Waals surface area contributed by atoms with Crippen molar-refractivity contribution in [2.24, 2.45) is 0 Å². The number of hydrogen-bond acceptors (Lipinski definition) is 4. The highest BCUT2D eigenvalue weighted by molar-refractivity contribution is 6.35. The molecule has 2 N–H and O–H groups in total. The summed E-state index contributed by atoms with van der Waals surface area (Å²) in [5.41, 5.74) is 1.42. The van der Waals surface area contributed by atoms with Gasteiger partial charge in [-0.2, -0.15) is 0 Å². The Labute approximate surface area is 159 Å². The normalized spacial score (nSPS) is 10.4. The van der Waals surface area contributed by atoms with Crippen LogP contribution < -0.4 is 10.6 Å². The van der Waals surface area contributed by atoms with Gasteiger partial charge in [0.15, 0.2) is 5.69 Å². The SMILES string of the molecule is O=C(Nc1cc(Cl)ccc1Cl)c1ccc(NCc2ccc(F)cc2)nn1. The predicted molar refractivity (Wildman–Crippen MR) is 100 cm³/mol. The van der Waals surface area contributed by atoms with Crippen molar-refractivity contribution in [1.82, 2.24) is 10.2 Å². The van der Waals surface area contributed by atoms with Crippen LogP contribution in [0.5, 0.6) is 0 Å². The minimum Gasteiger partial charge on any atom is -0.365 e. The first kappa shape index (κ1) is 18.1. The smallest absolute Gasteiger partial charge is 0.276 e. The van der Waals surface area contributed by atoms with Crippen LogP contribution in [0, 0.1) is 5.82 Å². The van der Waals surface area contributed by atoms with Gasteiger partial charge in [0.2, 0.25) is 0 Å². The average Bonchev–Trinajstić information content (AvgIpc) is 2.64. The highest BCUT2D eigenvalue weighted by atomic mass is 35.5. The largest absolute Gasteiger partial charge is 0.365 e. The van der Waals surface area contributed by atoms with Crippen LogP contribution in [-0.2, 0) is 6.54 Å². The van der Waals surface area contributed by atoms with Crippen molar-refractivity contribution in [3.63, 3.8) is 0 Å². The Morgan fingerprint density at radius 2 is 1.77 bits per heavy atom. The Morgan fingerprint density at radius 1 is 1.00 bits per heavy atom. The van der Waals surface area contributed by atoms with Crippen LogP contribution in [0.15, 0.2) is 54.6 Å². The molecule has 0 unspecified atom stereocenters. The molecule has 1 heterocycles. The molecule has 2 aromatic carbocycles. The van der Waals surface area contributed by atoms with Crippen molar-refractivity contribution in [2.75, 3.05) is 10.6 Å². The molecule has 5 nitrogen and oxygen atoms in total. The molecule has 0 bridgehead atoms. The Balaban J connectivity index is 1.62. The molecule has 1 aromatic heterocycles. The van der Waals surface area contributed by atoms with Gasteiger partial charge in [-0.15, -0.1) is 10.2 Å². The minimum atomic E-state index is -0.452. The van der Waals surface area contributed by atoms with Gasteiger partial charge < -0.3 is 10.6 Å². The molecule has 0 radical (unpaired) electrons. The van der Waals surface area contributed by atoms with E-state index in [2.05, 4.69) is 20.8 Å². The Kier molecular flexibility index (Phi) is 5.65. The molecule has 3 aromatic rings. The summed E-state index contributed by atoms with van der Waals surface area (Å²) in [6, 6.07) is 14.0. The second-order valence-corrected chi connectivity index (χ2v) is 6.21. The van der Waals surface area contributed by atoms with Crippen molar-refractivity contribution >= 4 is 40.6 Å². The van der Waals surface area contributed by atoms with E-state index in [1.165, 1.54) is 18.2 Å². The number of halogens is 3. The summed E-state index contributed by atoms with van der Waals surface area (Å²) in [6.45, 7) is 0.457. The number of rotatable bonds is 5. The van der Waals surface area contributed by atoms with Gasteiger partial charge in [0.1, 0.15) is 11.6 Å². The van der Waals surface area contributed by atoms with Crippen LogP contribution in [0.3, 0.4) is 0 Å². The van der Waals surface area contributed by atoms with E-state index in [9.17, 15) is 9.18 Å². The van der Waals surface area contributed by atoms with E-state index in [0.717, 1.165) is 5.56 Å². The molecule has 132 valence electrons. The molecule has 8 heteroatoms. The van der Waals surface area contributed by atoms with Gasteiger partial charge in [-0.05, 0) is 48.0 Å². The number of carbonyl (C=O) groups is 1. The van der Waals surface area contributed by atoms with Crippen LogP contribution in [0.1, 0.15) is 16.1 Å². The van der Waals surface area contributed by atoms with Gasteiger partial charge >= 0.3 is 0 Å². The third kappa shape index (κ3) is 4.68. The molecular formula is C18H13Cl2FN4O. The van der Waals surface area contributed by atoms with Crippen molar-refractivity contribution in [1.29, 1.82) is 0 Å². The standard InChI is InChI=1S/C18H13Cl2FN4O/c19-12-3-6-14(20)16(9-12)23-18(26)15-7-8-17(25-24-15)22-10-11-1-4-13(21)5-2-11/h1-9H,10H2,(H,22,25)(H,23,26). The second kappa shape index (κ2) is 8.12. The average molecular weight is 391 g/mol. The fraction of sp³-hybridized carbons (Fsp3) is 0.0556. The zero-order chi connectivity index (χ0) is 18.5. The first-order chi connectivity index (χ1) is 12.5. The molecule has 0 aliphatic heterocycles. The number of anilines is 2. The molecule has 26 heavy (non-hydrogen) atoms. The van der Waals surface area contributed by atoms with E-state index < -0.39 is 5.91 Å². The van der Waals surface area contributed by atoms with E-state index in [1.54, 1.807) is 36.4 Å². The number of nitrogens with zero attached hydrogens (tertiary/aromatic N) is 2. The van der Waals surface area contributed by atoms with Gasteiger partial charge in [0, 0.05) is 11.6 Å². The van der Waals surface area contributed by atoms with Gasteiger partial charge in [-0.3, -0.25) is 4.79 Å². The third-order valence-corrected chi connectivity index (χ3v) is 4.03. The molecule has 0 fully saturated rings. The van der Waals surface area contributed by atoms with Crippen LogP contribution >= 0.6 is 23.2 Å². The van der Waals surface area contributed by atoms with Gasteiger partial charge in [0.25, 0.3) is 5.91 Å². The Morgan fingerprint density at radius 3 is 2.46 bits per heavy atom. The Bertz CT molecular complexity index is 917. The summed E-state index contributed by atoms with van der Waals surface area (Å²) < 4.78 is 12.9. The number of carbonyl (C=O) groups excluding carboxylic acids is 1. The molecule has 0 spiro atoms. The van der Waals surface area contributed by atoms with E-state index in [0.29, 0.717) is 28.1 Å². The first-order valence-corrected chi connectivity index (χ1v) is 8.35. The lowest BCUT2D eigenvalue weighted by atomic mass is 10.2. The maximum Gasteiger partial charge on any atom is 0.276 e. The highest BCUT2D eigenvalue weighted by Crippen LogP contribution is 2.25. The highest BCUT2D eigenvalue weighted by Gasteiger charge is 2.11.